The molecule has 1 atom stereocenters. The van der Waals surface area contributed by atoms with E-state index in [4.69, 9.17) is 16.3 Å². The van der Waals surface area contributed by atoms with Gasteiger partial charge in [-0.15, -0.1) is 11.6 Å². The second-order valence-electron chi connectivity index (χ2n) is 3.62. The number of sulfonamides is 1. The Labute approximate surface area is 104 Å². The molecule has 0 saturated heterocycles. The fourth-order valence-electron chi connectivity index (χ4n) is 1.23. The number of ether oxygens (including phenoxy) is 1. The molecule has 0 aromatic heterocycles. The lowest BCUT2D eigenvalue weighted by Crippen LogP contribution is -2.32. The van der Waals surface area contributed by atoms with Crippen LogP contribution >= 0.6 is 11.6 Å². The van der Waals surface area contributed by atoms with Crippen LogP contribution in [0.25, 0.3) is 0 Å². The largest absolute Gasteiger partial charge is 0.381 e. The van der Waals surface area contributed by atoms with E-state index in [-0.39, 0.29) is 12.4 Å². The molecule has 98 valence electrons. The maximum atomic E-state index is 11.5. The Balaban J connectivity index is 3.87. The second kappa shape index (κ2) is 9.22. The summed E-state index contributed by atoms with van der Waals surface area (Å²) in [6, 6.07) is 0. The van der Waals surface area contributed by atoms with Crippen molar-refractivity contribution in [2.45, 2.75) is 26.7 Å². The molecule has 0 amide bonds. The fourth-order valence-corrected chi connectivity index (χ4v) is 2.51. The van der Waals surface area contributed by atoms with Gasteiger partial charge < -0.3 is 4.74 Å². The Hall–Kier alpha value is 0.160. The first-order valence-corrected chi connectivity index (χ1v) is 7.85. The highest BCUT2D eigenvalue weighted by Crippen LogP contribution is 2.08. The van der Waals surface area contributed by atoms with Gasteiger partial charge in [-0.25, -0.2) is 13.1 Å². The Bertz CT molecular complexity index is 257. The minimum absolute atomic E-state index is 0.0259. The molecule has 1 unspecified atom stereocenters. The third-order valence-corrected chi connectivity index (χ3v) is 3.92. The molecule has 0 heterocycles. The molecule has 0 aliphatic heterocycles. The molecule has 0 aromatic rings. The molecule has 0 saturated carbocycles. The van der Waals surface area contributed by atoms with Crippen LogP contribution in [0.3, 0.4) is 0 Å². The van der Waals surface area contributed by atoms with Crippen LogP contribution in [0.1, 0.15) is 26.7 Å². The van der Waals surface area contributed by atoms with E-state index in [1.54, 1.807) is 0 Å². The topological polar surface area (TPSA) is 55.4 Å². The van der Waals surface area contributed by atoms with Crippen LogP contribution in [0.15, 0.2) is 0 Å². The molecule has 0 radical (unpaired) electrons. The van der Waals surface area contributed by atoms with Gasteiger partial charge in [-0.1, -0.05) is 13.3 Å². The van der Waals surface area contributed by atoms with Crippen molar-refractivity contribution in [1.82, 2.24) is 4.72 Å². The van der Waals surface area contributed by atoms with E-state index >= 15 is 0 Å². The fraction of sp³-hybridized carbons (Fsp3) is 1.00. The quantitative estimate of drug-likeness (QED) is 0.485. The van der Waals surface area contributed by atoms with Crippen LogP contribution in [-0.2, 0) is 14.8 Å². The first kappa shape index (κ1) is 16.2. The van der Waals surface area contributed by atoms with Crippen LogP contribution < -0.4 is 4.72 Å². The Morgan fingerprint density at radius 3 is 2.56 bits per heavy atom. The molecule has 16 heavy (non-hydrogen) atoms. The molecule has 0 aromatic carbocycles. The van der Waals surface area contributed by atoms with Gasteiger partial charge in [0.15, 0.2) is 0 Å². The Morgan fingerprint density at radius 1 is 1.38 bits per heavy atom. The molecule has 6 heteroatoms. The molecule has 0 rings (SSSR count). The van der Waals surface area contributed by atoms with Crippen molar-refractivity contribution in [3.05, 3.63) is 0 Å². The second-order valence-corrected chi connectivity index (χ2v) is 5.92. The van der Waals surface area contributed by atoms with Crippen molar-refractivity contribution in [3.8, 4) is 0 Å². The summed E-state index contributed by atoms with van der Waals surface area (Å²) in [7, 11) is -3.20. The summed E-state index contributed by atoms with van der Waals surface area (Å²) in [5.74, 6) is 0.913. The Morgan fingerprint density at radius 2 is 2.06 bits per heavy atom. The highest BCUT2D eigenvalue weighted by Gasteiger charge is 2.13. The molecule has 0 spiro atoms. The zero-order chi connectivity index (χ0) is 12.4. The van der Waals surface area contributed by atoms with Gasteiger partial charge in [-0.3, -0.25) is 0 Å². The van der Waals surface area contributed by atoms with E-state index in [2.05, 4.69) is 4.72 Å². The van der Waals surface area contributed by atoms with Crippen LogP contribution in [0.5, 0.6) is 0 Å². The normalized spacial score (nSPS) is 13.9. The van der Waals surface area contributed by atoms with Crippen molar-refractivity contribution < 1.29 is 13.2 Å². The lowest BCUT2D eigenvalue weighted by Gasteiger charge is -2.14. The van der Waals surface area contributed by atoms with Crippen LogP contribution in [0.2, 0.25) is 0 Å². The SMILES string of the molecule is CCOCCS(=O)(=O)NCC(CC)CCCl. The average Bonchev–Trinajstić information content (AvgIpc) is 2.24. The summed E-state index contributed by atoms with van der Waals surface area (Å²) in [5.41, 5.74) is 0. The minimum atomic E-state index is -3.20. The standard InChI is InChI=1S/C10H22ClNO3S/c1-3-10(5-6-11)9-12-16(13,14)8-7-15-4-2/h10,12H,3-9H2,1-2H3. The predicted octanol–water partition coefficient (Wildman–Crippen LogP) is 1.60. The van der Waals surface area contributed by atoms with E-state index in [9.17, 15) is 8.42 Å². The number of hydrogen-bond acceptors (Lipinski definition) is 3. The third kappa shape index (κ3) is 8.33. The highest BCUT2D eigenvalue weighted by molar-refractivity contribution is 7.89. The van der Waals surface area contributed by atoms with Gasteiger partial charge in [0.2, 0.25) is 10.0 Å². The maximum Gasteiger partial charge on any atom is 0.213 e. The van der Waals surface area contributed by atoms with E-state index in [1.807, 2.05) is 13.8 Å². The highest BCUT2D eigenvalue weighted by atomic mass is 35.5. The van der Waals surface area contributed by atoms with Crippen molar-refractivity contribution >= 4 is 21.6 Å². The van der Waals surface area contributed by atoms with E-state index in [0.717, 1.165) is 12.8 Å². The van der Waals surface area contributed by atoms with Gasteiger partial charge in [0, 0.05) is 19.0 Å². The molecular weight excluding hydrogens is 250 g/mol. The van der Waals surface area contributed by atoms with E-state index in [1.165, 1.54) is 0 Å². The van der Waals surface area contributed by atoms with Gasteiger partial charge in [-0.05, 0) is 19.3 Å². The number of halogens is 1. The maximum absolute atomic E-state index is 11.5. The van der Waals surface area contributed by atoms with Gasteiger partial charge in [0.05, 0.1) is 12.4 Å². The zero-order valence-corrected chi connectivity index (χ0v) is 11.6. The summed E-state index contributed by atoms with van der Waals surface area (Å²) >= 11 is 5.63. The lowest BCUT2D eigenvalue weighted by molar-refractivity contribution is 0.163. The minimum Gasteiger partial charge on any atom is -0.381 e. The molecule has 0 bridgehead atoms. The molecule has 0 aliphatic carbocycles. The predicted molar refractivity (Wildman–Crippen MR) is 67.4 cm³/mol. The Kier molecular flexibility index (Phi) is 9.31. The van der Waals surface area contributed by atoms with E-state index in [0.29, 0.717) is 24.9 Å². The monoisotopic (exact) mass is 271 g/mol. The molecule has 0 aliphatic rings. The van der Waals surface area contributed by atoms with Crippen molar-refractivity contribution in [3.63, 3.8) is 0 Å². The van der Waals surface area contributed by atoms with Crippen LogP contribution in [0, 0.1) is 5.92 Å². The molecule has 0 fully saturated rings. The zero-order valence-electron chi connectivity index (χ0n) is 10.0. The lowest BCUT2D eigenvalue weighted by atomic mass is 10.0. The van der Waals surface area contributed by atoms with Crippen molar-refractivity contribution in [2.24, 2.45) is 5.92 Å². The van der Waals surface area contributed by atoms with Gasteiger partial charge in [0.1, 0.15) is 0 Å². The van der Waals surface area contributed by atoms with Crippen LogP contribution in [0.4, 0.5) is 0 Å². The van der Waals surface area contributed by atoms with Crippen LogP contribution in [-0.4, -0.2) is 39.8 Å². The average molecular weight is 272 g/mol. The molecular formula is C10H22ClNO3S. The number of nitrogens with one attached hydrogen (secondary N) is 1. The number of alkyl halides is 1. The summed E-state index contributed by atoms with van der Waals surface area (Å²) < 4.78 is 30.6. The third-order valence-electron chi connectivity index (χ3n) is 2.39. The van der Waals surface area contributed by atoms with Gasteiger partial charge in [0.25, 0.3) is 0 Å². The van der Waals surface area contributed by atoms with Gasteiger partial charge in [-0.2, -0.15) is 0 Å². The smallest absolute Gasteiger partial charge is 0.213 e. The number of hydrogen-bond donors (Lipinski definition) is 1. The summed E-state index contributed by atoms with van der Waals surface area (Å²) in [6.45, 7) is 5.13. The number of rotatable bonds is 10. The summed E-state index contributed by atoms with van der Waals surface area (Å²) in [6.07, 6.45) is 1.77. The first-order chi connectivity index (χ1) is 7.55. The molecule has 1 N–H and O–H groups in total. The molecule has 4 nitrogen and oxygen atoms in total. The van der Waals surface area contributed by atoms with Crippen molar-refractivity contribution in [1.29, 1.82) is 0 Å². The van der Waals surface area contributed by atoms with E-state index < -0.39 is 10.0 Å². The first-order valence-electron chi connectivity index (χ1n) is 5.66. The van der Waals surface area contributed by atoms with Gasteiger partial charge >= 0.3 is 0 Å². The summed E-state index contributed by atoms with van der Waals surface area (Å²) in [5, 5.41) is 0. The van der Waals surface area contributed by atoms with Crippen molar-refractivity contribution in [2.75, 3.05) is 31.4 Å². The summed E-state index contributed by atoms with van der Waals surface area (Å²) in [4.78, 5) is 0.